The molecule has 0 radical (unpaired) electrons. The second-order valence-corrected chi connectivity index (χ2v) is 6.72. The third-order valence-electron chi connectivity index (χ3n) is 3.24. The van der Waals surface area contributed by atoms with Crippen LogP contribution in [0.25, 0.3) is 0 Å². The van der Waals surface area contributed by atoms with Crippen LogP contribution < -0.4 is 4.74 Å². The molecular weight excluding hydrogens is 398 g/mol. The number of nitro groups is 1. The van der Waals surface area contributed by atoms with Gasteiger partial charge in [-0.1, -0.05) is 11.6 Å². The van der Waals surface area contributed by atoms with E-state index in [4.69, 9.17) is 16.3 Å². The normalized spacial score (nSPS) is 12.0. The van der Waals surface area contributed by atoms with Crippen LogP contribution in [0.15, 0.2) is 36.4 Å². The zero-order valence-corrected chi connectivity index (χ0v) is 14.8. The van der Waals surface area contributed by atoms with E-state index in [9.17, 15) is 27.9 Å². The fourth-order valence-corrected chi connectivity index (χ4v) is 2.90. The summed E-state index contributed by atoms with van der Waals surface area (Å²) in [6, 6.07) is 6.22. The van der Waals surface area contributed by atoms with Crippen molar-refractivity contribution in [1.29, 1.82) is 0 Å². The SMILES string of the molecule is CO[P+](=O)Cc1cc(Oc2ccc(C(F)(F)F)cc2Cl)ccc1[N+](=O)[O-]. The first-order valence-corrected chi connectivity index (χ1v) is 8.66. The van der Waals surface area contributed by atoms with Gasteiger partial charge in [0.1, 0.15) is 11.5 Å². The molecule has 2 rings (SSSR count). The Balaban J connectivity index is 2.33. The first-order chi connectivity index (χ1) is 12.1. The number of rotatable bonds is 6. The highest BCUT2D eigenvalue weighted by Gasteiger charge is 2.31. The lowest BCUT2D eigenvalue weighted by Gasteiger charge is -2.11. The van der Waals surface area contributed by atoms with Crippen LogP contribution >= 0.6 is 19.6 Å². The molecule has 6 nitrogen and oxygen atoms in total. The van der Waals surface area contributed by atoms with Crippen LogP contribution in [-0.4, -0.2) is 12.0 Å². The van der Waals surface area contributed by atoms with Crippen LogP contribution in [0.1, 0.15) is 11.1 Å². The van der Waals surface area contributed by atoms with Crippen molar-refractivity contribution in [3.05, 3.63) is 62.7 Å². The van der Waals surface area contributed by atoms with Crippen molar-refractivity contribution < 1.29 is 31.9 Å². The maximum Gasteiger partial charge on any atom is 0.512 e. The zero-order chi connectivity index (χ0) is 19.5. The molecule has 0 aliphatic rings. The molecule has 26 heavy (non-hydrogen) atoms. The number of nitro benzene ring substituents is 1. The standard InChI is InChI=1S/C15H11ClF3NO5P/c1-24-26(23)8-9-6-11(3-4-13(9)20(21)22)25-14-5-2-10(7-12(14)16)15(17,18)19/h2-7H,8H2,1H3/q+1. The Kier molecular flexibility index (Phi) is 6.17. The smallest absolute Gasteiger partial charge is 0.456 e. The van der Waals surface area contributed by atoms with Crippen molar-refractivity contribution in [3.63, 3.8) is 0 Å². The minimum atomic E-state index is -4.55. The van der Waals surface area contributed by atoms with Crippen LogP contribution in [0, 0.1) is 10.1 Å². The maximum atomic E-state index is 12.7. The highest BCUT2D eigenvalue weighted by atomic mass is 35.5. The molecule has 1 atom stereocenters. The molecule has 0 aromatic heterocycles. The van der Waals surface area contributed by atoms with Gasteiger partial charge in [0.2, 0.25) is 6.16 Å². The predicted octanol–water partition coefficient (Wildman–Crippen LogP) is 5.95. The number of hydrogen-bond acceptors (Lipinski definition) is 5. The fraction of sp³-hybridized carbons (Fsp3) is 0.200. The van der Waals surface area contributed by atoms with Crippen LogP contribution in [0.3, 0.4) is 0 Å². The van der Waals surface area contributed by atoms with E-state index in [0.29, 0.717) is 6.07 Å². The van der Waals surface area contributed by atoms with Gasteiger partial charge in [-0.25, -0.2) is 0 Å². The molecule has 0 fully saturated rings. The Morgan fingerprint density at radius 1 is 1.23 bits per heavy atom. The lowest BCUT2D eigenvalue weighted by molar-refractivity contribution is -0.385. The molecular formula is C15H11ClF3NO5P+. The number of ether oxygens (including phenoxy) is 1. The first-order valence-electron chi connectivity index (χ1n) is 6.92. The molecule has 11 heteroatoms. The Labute approximate surface area is 151 Å². The van der Waals surface area contributed by atoms with Gasteiger partial charge in [0.25, 0.3) is 5.69 Å². The van der Waals surface area contributed by atoms with Crippen molar-refractivity contribution in [1.82, 2.24) is 0 Å². The molecule has 1 unspecified atom stereocenters. The molecule has 0 saturated heterocycles. The second-order valence-electron chi connectivity index (χ2n) is 4.97. The van der Waals surface area contributed by atoms with Gasteiger partial charge in [0.05, 0.1) is 28.2 Å². The van der Waals surface area contributed by atoms with E-state index >= 15 is 0 Å². The molecule has 0 N–H and O–H groups in total. The van der Waals surface area contributed by atoms with Crippen LogP contribution in [0.2, 0.25) is 5.02 Å². The van der Waals surface area contributed by atoms with Crippen molar-refractivity contribution in [2.24, 2.45) is 0 Å². The fourth-order valence-electron chi connectivity index (χ4n) is 2.02. The van der Waals surface area contributed by atoms with Crippen LogP contribution in [0.5, 0.6) is 11.5 Å². The number of nitrogens with zero attached hydrogens (tertiary/aromatic N) is 1. The van der Waals surface area contributed by atoms with E-state index in [-0.39, 0.29) is 33.9 Å². The lowest BCUT2D eigenvalue weighted by Crippen LogP contribution is -2.04. The molecule has 2 aromatic carbocycles. The van der Waals surface area contributed by atoms with Gasteiger partial charge in [0.15, 0.2) is 0 Å². The summed E-state index contributed by atoms with van der Waals surface area (Å²) in [7, 11) is -0.951. The van der Waals surface area contributed by atoms with E-state index < -0.39 is 24.7 Å². The van der Waals surface area contributed by atoms with E-state index in [1.165, 1.54) is 19.2 Å². The van der Waals surface area contributed by atoms with Gasteiger partial charge >= 0.3 is 14.2 Å². The van der Waals surface area contributed by atoms with Crippen LogP contribution in [0.4, 0.5) is 18.9 Å². The largest absolute Gasteiger partial charge is 0.512 e. The average molecular weight is 409 g/mol. The number of hydrogen-bond donors (Lipinski definition) is 0. The van der Waals surface area contributed by atoms with Gasteiger partial charge < -0.3 is 4.74 Å². The molecule has 0 aliphatic heterocycles. The van der Waals surface area contributed by atoms with E-state index in [1.807, 2.05) is 0 Å². The summed E-state index contributed by atoms with van der Waals surface area (Å²) < 4.78 is 59.5. The number of halogens is 4. The van der Waals surface area contributed by atoms with Crippen molar-refractivity contribution >= 4 is 25.3 Å². The Morgan fingerprint density at radius 3 is 2.46 bits per heavy atom. The first kappa shape index (κ1) is 20.1. The van der Waals surface area contributed by atoms with Crippen molar-refractivity contribution in [2.75, 3.05) is 7.11 Å². The van der Waals surface area contributed by atoms with Gasteiger partial charge in [0, 0.05) is 6.07 Å². The number of alkyl halides is 3. The van der Waals surface area contributed by atoms with Crippen molar-refractivity contribution in [3.8, 4) is 11.5 Å². The van der Waals surface area contributed by atoms with Gasteiger partial charge in [-0.05, 0) is 34.9 Å². The second kappa shape index (κ2) is 7.99. The highest BCUT2D eigenvalue weighted by molar-refractivity contribution is 7.38. The molecule has 0 amide bonds. The highest BCUT2D eigenvalue weighted by Crippen LogP contribution is 2.38. The summed E-state index contributed by atoms with van der Waals surface area (Å²) in [6.45, 7) is 0. The van der Waals surface area contributed by atoms with Gasteiger partial charge in [-0.2, -0.15) is 13.2 Å². The maximum absolute atomic E-state index is 12.7. The zero-order valence-electron chi connectivity index (χ0n) is 13.1. The quantitative estimate of drug-likeness (QED) is 0.335. The molecule has 0 saturated carbocycles. The van der Waals surface area contributed by atoms with Crippen molar-refractivity contribution in [2.45, 2.75) is 12.3 Å². The monoisotopic (exact) mass is 408 g/mol. The topological polar surface area (TPSA) is 78.7 Å². The summed E-state index contributed by atoms with van der Waals surface area (Å²) in [5.74, 6) is 0.0300. The number of benzene rings is 2. The lowest BCUT2D eigenvalue weighted by atomic mass is 10.2. The van der Waals surface area contributed by atoms with Gasteiger partial charge in [-0.3, -0.25) is 10.1 Å². The summed E-state index contributed by atoms with van der Waals surface area (Å²) in [4.78, 5) is 10.4. The third kappa shape index (κ3) is 4.91. The summed E-state index contributed by atoms with van der Waals surface area (Å²) >= 11 is 5.81. The Bertz CT molecular complexity index is 860. The molecule has 2 aromatic rings. The molecule has 0 bridgehead atoms. The van der Waals surface area contributed by atoms with E-state index in [1.54, 1.807) is 0 Å². The van der Waals surface area contributed by atoms with E-state index in [0.717, 1.165) is 18.2 Å². The van der Waals surface area contributed by atoms with Gasteiger partial charge in [-0.15, -0.1) is 4.52 Å². The van der Waals surface area contributed by atoms with E-state index in [2.05, 4.69) is 4.52 Å². The minimum absolute atomic E-state index is 0.0596. The predicted molar refractivity (Wildman–Crippen MR) is 87.9 cm³/mol. The summed E-state index contributed by atoms with van der Waals surface area (Å²) in [6.07, 6.45) is -4.77. The molecule has 138 valence electrons. The molecule has 0 aliphatic carbocycles. The Morgan fingerprint density at radius 2 is 1.92 bits per heavy atom. The van der Waals surface area contributed by atoms with Crippen LogP contribution in [-0.2, 0) is 21.4 Å². The molecule has 0 heterocycles. The summed E-state index contributed by atoms with van der Waals surface area (Å²) in [5, 5.41) is 10.8. The minimum Gasteiger partial charge on any atom is -0.456 e. The Hall–Kier alpha value is -2.22. The average Bonchev–Trinajstić information content (AvgIpc) is 2.55. The summed E-state index contributed by atoms with van der Waals surface area (Å²) in [5.41, 5.74) is -1.12. The molecule has 0 spiro atoms. The third-order valence-corrected chi connectivity index (χ3v) is 4.54.